The van der Waals surface area contributed by atoms with E-state index in [1.165, 1.54) is 16.1 Å². The van der Waals surface area contributed by atoms with Gasteiger partial charge in [-0.1, -0.05) is 6.92 Å². The van der Waals surface area contributed by atoms with Crippen LogP contribution < -0.4 is 5.32 Å². The first-order chi connectivity index (χ1) is 8.67. The highest BCUT2D eigenvalue weighted by molar-refractivity contribution is 7.10. The Morgan fingerprint density at radius 1 is 1.39 bits per heavy atom. The first-order valence-corrected chi connectivity index (χ1v) is 7.37. The Morgan fingerprint density at radius 3 is 2.72 bits per heavy atom. The van der Waals surface area contributed by atoms with Gasteiger partial charge in [-0.3, -0.25) is 4.68 Å². The van der Waals surface area contributed by atoms with Crippen LogP contribution in [0.3, 0.4) is 0 Å². The zero-order chi connectivity index (χ0) is 13.1. The van der Waals surface area contributed by atoms with Crippen LogP contribution in [0.5, 0.6) is 0 Å². The highest BCUT2D eigenvalue weighted by Gasteiger charge is 2.20. The third-order valence-electron chi connectivity index (χ3n) is 3.15. The fraction of sp³-hybridized carbons (Fsp3) is 0.500. The van der Waals surface area contributed by atoms with E-state index in [-0.39, 0.29) is 6.04 Å². The van der Waals surface area contributed by atoms with E-state index in [1.54, 1.807) is 11.3 Å². The van der Waals surface area contributed by atoms with E-state index < -0.39 is 0 Å². The normalized spacial score (nSPS) is 12.9. The van der Waals surface area contributed by atoms with Crippen LogP contribution in [0.25, 0.3) is 0 Å². The molecule has 0 aromatic carbocycles. The number of hydrogen-bond donors (Lipinski definition) is 1. The van der Waals surface area contributed by atoms with Crippen molar-refractivity contribution in [3.8, 4) is 0 Å². The molecule has 98 valence electrons. The topological polar surface area (TPSA) is 29.9 Å². The second-order valence-electron chi connectivity index (χ2n) is 4.45. The molecule has 2 aromatic rings. The molecule has 4 heteroatoms. The molecule has 3 nitrogen and oxygen atoms in total. The number of aryl methyl sites for hydroxylation is 3. The number of rotatable bonds is 5. The molecule has 0 amide bonds. The average molecular weight is 263 g/mol. The predicted octanol–water partition coefficient (Wildman–Crippen LogP) is 3.28. The van der Waals surface area contributed by atoms with E-state index in [2.05, 4.69) is 60.3 Å². The molecular formula is C14H21N3S. The zero-order valence-corrected chi connectivity index (χ0v) is 12.3. The minimum Gasteiger partial charge on any atom is -0.305 e. The molecule has 1 N–H and O–H groups in total. The third kappa shape index (κ3) is 2.49. The van der Waals surface area contributed by atoms with Gasteiger partial charge in [0.2, 0.25) is 0 Å². The summed E-state index contributed by atoms with van der Waals surface area (Å²) < 4.78 is 2.10. The van der Waals surface area contributed by atoms with E-state index in [1.807, 2.05) is 0 Å². The largest absolute Gasteiger partial charge is 0.305 e. The maximum atomic E-state index is 4.55. The quantitative estimate of drug-likeness (QED) is 0.897. The molecule has 0 fully saturated rings. The fourth-order valence-corrected chi connectivity index (χ4v) is 3.06. The zero-order valence-electron chi connectivity index (χ0n) is 11.5. The van der Waals surface area contributed by atoms with Crippen molar-refractivity contribution in [2.45, 2.75) is 40.3 Å². The minimum absolute atomic E-state index is 0.252. The van der Waals surface area contributed by atoms with E-state index in [0.29, 0.717) is 0 Å². The lowest BCUT2D eigenvalue weighted by molar-refractivity contribution is 0.541. The minimum atomic E-state index is 0.252. The third-order valence-corrected chi connectivity index (χ3v) is 4.01. The Morgan fingerprint density at radius 2 is 2.17 bits per heavy atom. The molecule has 2 rings (SSSR count). The summed E-state index contributed by atoms with van der Waals surface area (Å²) in [5, 5.41) is 10.3. The number of hydrogen-bond acceptors (Lipinski definition) is 3. The molecule has 2 heterocycles. The van der Waals surface area contributed by atoms with Crippen LogP contribution in [-0.2, 0) is 6.54 Å². The van der Waals surface area contributed by atoms with E-state index in [9.17, 15) is 0 Å². The molecule has 0 bridgehead atoms. The second-order valence-corrected chi connectivity index (χ2v) is 5.57. The summed E-state index contributed by atoms with van der Waals surface area (Å²) in [6, 6.07) is 4.66. The van der Waals surface area contributed by atoms with E-state index in [4.69, 9.17) is 0 Å². The number of aromatic nitrogens is 2. The summed E-state index contributed by atoms with van der Waals surface area (Å²) in [5.74, 6) is 0. The van der Waals surface area contributed by atoms with Crippen molar-refractivity contribution in [3.63, 3.8) is 0 Å². The monoisotopic (exact) mass is 263 g/mol. The maximum Gasteiger partial charge on any atom is 0.0758 e. The van der Waals surface area contributed by atoms with Crippen molar-refractivity contribution in [1.82, 2.24) is 15.1 Å². The lowest BCUT2D eigenvalue weighted by Gasteiger charge is -2.19. The number of nitrogens with zero attached hydrogens (tertiary/aromatic N) is 2. The summed E-state index contributed by atoms with van der Waals surface area (Å²) in [4.78, 5) is 1.38. The molecular weight excluding hydrogens is 242 g/mol. The Hall–Kier alpha value is -1.13. The molecule has 0 aliphatic heterocycles. The van der Waals surface area contributed by atoms with Gasteiger partial charge in [-0.25, -0.2) is 0 Å². The standard InChI is InChI=1S/C14H21N3S/c1-5-15-14(12-7-8-18-11(12)4)13-9-10(3)16-17(13)6-2/h7-9,14-15H,5-6H2,1-4H3. The molecule has 0 aliphatic carbocycles. The molecule has 2 aromatic heterocycles. The van der Waals surface area contributed by atoms with Crippen LogP contribution in [0.1, 0.15) is 41.7 Å². The highest BCUT2D eigenvalue weighted by Crippen LogP contribution is 2.28. The van der Waals surface area contributed by atoms with Crippen LogP contribution in [0.4, 0.5) is 0 Å². The molecule has 1 unspecified atom stereocenters. The Balaban J connectivity index is 2.44. The van der Waals surface area contributed by atoms with Gasteiger partial charge in [-0.15, -0.1) is 11.3 Å². The van der Waals surface area contributed by atoms with Crippen LogP contribution in [-0.4, -0.2) is 16.3 Å². The van der Waals surface area contributed by atoms with Crippen LogP contribution >= 0.6 is 11.3 Å². The smallest absolute Gasteiger partial charge is 0.0758 e. The number of thiophene rings is 1. The van der Waals surface area contributed by atoms with Crippen molar-refractivity contribution in [2.24, 2.45) is 0 Å². The second kappa shape index (κ2) is 5.67. The van der Waals surface area contributed by atoms with Crippen LogP contribution in [0, 0.1) is 13.8 Å². The SMILES string of the molecule is CCNC(c1ccsc1C)c1cc(C)nn1CC. The first kappa shape index (κ1) is 13.3. The summed E-state index contributed by atoms with van der Waals surface area (Å²) in [5.41, 5.74) is 3.72. The summed E-state index contributed by atoms with van der Waals surface area (Å²) in [7, 11) is 0. The van der Waals surface area contributed by atoms with Gasteiger partial charge in [-0.05, 0) is 50.4 Å². The van der Waals surface area contributed by atoms with E-state index in [0.717, 1.165) is 18.8 Å². The van der Waals surface area contributed by atoms with Crippen molar-refractivity contribution >= 4 is 11.3 Å². The first-order valence-electron chi connectivity index (χ1n) is 6.49. The van der Waals surface area contributed by atoms with Gasteiger partial charge in [0.25, 0.3) is 0 Å². The molecule has 0 saturated heterocycles. The van der Waals surface area contributed by atoms with Crippen molar-refractivity contribution in [2.75, 3.05) is 6.54 Å². The van der Waals surface area contributed by atoms with E-state index >= 15 is 0 Å². The molecule has 0 saturated carbocycles. The van der Waals surface area contributed by atoms with Crippen molar-refractivity contribution in [1.29, 1.82) is 0 Å². The van der Waals surface area contributed by atoms with Gasteiger partial charge in [0, 0.05) is 11.4 Å². The van der Waals surface area contributed by atoms with Gasteiger partial charge >= 0.3 is 0 Å². The summed E-state index contributed by atoms with van der Waals surface area (Å²) >= 11 is 1.80. The van der Waals surface area contributed by atoms with Crippen molar-refractivity contribution in [3.05, 3.63) is 39.3 Å². The van der Waals surface area contributed by atoms with Gasteiger partial charge < -0.3 is 5.32 Å². The Labute approximate surface area is 113 Å². The molecule has 0 radical (unpaired) electrons. The maximum absolute atomic E-state index is 4.55. The summed E-state index contributed by atoms with van der Waals surface area (Å²) in [6.45, 7) is 10.4. The summed E-state index contributed by atoms with van der Waals surface area (Å²) in [6.07, 6.45) is 0. The lowest BCUT2D eigenvalue weighted by atomic mass is 10.0. The van der Waals surface area contributed by atoms with Gasteiger partial charge in [-0.2, -0.15) is 5.10 Å². The predicted molar refractivity (Wildman–Crippen MR) is 77.2 cm³/mol. The van der Waals surface area contributed by atoms with Crippen LogP contribution in [0.15, 0.2) is 17.5 Å². The molecule has 0 aliphatic rings. The Bertz CT molecular complexity index is 513. The van der Waals surface area contributed by atoms with Gasteiger partial charge in [0.15, 0.2) is 0 Å². The fourth-order valence-electron chi connectivity index (χ4n) is 2.32. The average Bonchev–Trinajstić information content (AvgIpc) is 2.92. The lowest BCUT2D eigenvalue weighted by Crippen LogP contribution is -2.24. The van der Waals surface area contributed by atoms with Crippen LogP contribution in [0.2, 0.25) is 0 Å². The highest BCUT2D eigenvalue weighted by atomic mass is 32.1. The number of nitrogens with one attached hydrogen (secondary N) is 1. The Kier molecular flexibility index (Phi) is 4.19. The van der Waals surface area contributed by atoms with Gasteiger partial charge in [0.05, 0.1) is 17.4 Å². The molecule has 0 spiro atoms. The van der Waals surface area contributed by atoms with Gasteiger partial charge in [0.1, 0.15) is 0 Å². The molecule has 18 heavy (non-hydrogen) atoms. The van der Waals surface area contributed by atoms with Crippen molar-refractivity contribution < 1.29 is 0 Å². The molecule has 1 atom stereocenters.